The molecule has 3 rings (SSSR count). The predicted octanol–water partition coefficient (Wildman–Crippen LogP) is -1.63. The molecular formula is C20H34N2O16P2. The number of aromatic nitrogens is 2. The Hall–Kier alpha value is -1.34. The van der Waals surface area contributed by atoms with E-state index < -0.39 is 89.2 Å². The number of unbranched alkanes of at least 4 members (excludes halogenated alkanes) is 1. The van der Waals surface area contributed by atoms with E-state index in [-0.39, 0.29) is 18.6 Å². The van der Waals surface area contributed by atoms with Gasteiger partial charge in [-0.25, -0.2) is 13.9 Å². The number of hydrogen-bond donors (Lipinski definition) is 7. The van der Waals surface area contributed by atoms with Crippen molar-refractivity contribution in [2.45, 2.75) is 82.3 Å². The highest BCUT2D eigenvalue weighted by Crippen LogP contribution is 2.61. The Bertz CT molecular complexity index is 1210. The SMILES string of the molecule is CCCCO[C@@H]1[C@@H](O)[C@@H](OP(=O)(O)OP(=O)(O)OC[C@H]2O[C@@H](n3cc(C)c(=O)[nH]c3=O)C[C@@H]2O)O[C@H](CO)[C@H]1O. The van der Waals surface area contributed by atoms with E-state index in [9.17, 15) is 48.9 Å². The number of aliphatic hydroxyl groups excluding tert-OH is 4. The van der Waals surface area contributed by atoms with Crippen molar-refractivity contribution in [3.8, 4) is 0 Å². The largest absolute Gasteiger partial charge is 0.483 e. The van der Waals surface area contributed by atoms with Crippen molar-refractivity contribution >= 4 is 15.6 Å². The van der Waals surface area contributed by atoms with Crippen LogP contribution in [0.5, 0.6) is 0 Å². The number of rotatable bonds is 13. The number of nitrogens with one attached hydrogen (secondary N) is 1. The van der Waals surface area contributed by atoms with Gasteiger partial charge in [-0.2, -0.15) is 4.31 Å². The van der Waals surface area contributed by atoms with Crippen LogP contribution in [0.2, 0.25) is 0 Å². The van der Waals surface area contributed by atoms with E-state index in [1.807, 2.05) is 6.92 Å². The Kier molecular flexibility index (Phi) is 11.4. The van der Waals surface area contributed by atoms with E-state index in [1.165, 1.54) is 13.1 Å². The lowest BCUT2D eigenvalue weighted by Crippen LogP contribution is -2.60. The third-order valence-electron chi connectivity index (χ3n) is 6.14. The molecule has 2 aliphatic rings. The van der Waals surface area contributed by atoms with Gasteiger partial charge in [-0.15, -0.1) is 0 Å². The van der Waals surface area contributed by atoms with Gasteiger partial charge in [0.05, 0.1) is 19.3 Å². The first-order valence-corrected chi connectivity index (χ1v) is 15.3. The Morgan fingerprint density at radius 3 is 2.45 bits per heavy atom. The smallest absolute Gasteiger partial charge is 0.394 e. The zero-order valence-electron chi connectivity index (χ0n) is 21.5. The Labute approximate surface area is 227 Å². The number of H-pyrrole nitrogens is 1. The van der Waals surface area contributed by atoms with Gasteiger partial charge < -0.3 is 44.4 Å². The maximum absolute atomic E-state index is 12.5. The van der Waals surface area contributed by atoms with Gasteiger partial charge in [0.2, 0.25) is 0 Å². The molecule has 18 nitrogen and oxygen atoms in total. The van der Waals surface area contributed by atoms with Crippen molar-refractivity contribution in [1.29, 1.82) is 0 Å². The molecule has 2 fully saturated rings. The van der Waals surface area contributed by atoms with Crippen LogP contribution in [-0.2, 0) is 36.7 Å². The molecular weight excluding hydrogens is 586 g/mol. The van der Waals surface area contributed by atoms with Gasteiger partial charge in [0.15, 0.2) is 6.29 Å². The highest BCUT2D eigenvalue weighted by atomic mass is 31.3. The summed E-state index contributed by atoms with van der Waals surface area (Å²) in [6, 6.07) is 0. The molecule has 0 radical (unpaired) electrons. The number of phosphoric ester groups is 2. The minimum Gasteiger partial charge on any atom is -0.394 e. The zero-order valence-corrected chi connectivity index (χ0v) is 23.3. The number of phosphoric acid groups is 2. The van der Waals surface area contributed by atoms with E-state index in [0.29, 0.717) is 6.42 Å². The number of aromatic amines is 1. The Morgan fingerprint density at radius 1 is 1.10 bits per heavy atom. The fourth-order valence-corrected chi connectivity index (χ4v) is 6.17. The van der Waals surface area contributed by atoms with Crippen molar-refractivity contribution in [2.24, 2.45) is 0 Å². The van der Waals surface area contributed by atoms with Gasteiger partial charge in [-0.05, 0) is 13.3 Å². The van der Waals surface area contributed by atoms with Gasteiger partial charge in [-0.1, -0.05) is 13.3 Å². The number of aliphatic hydroxyl groups is 4. The summed E-state index contributed by atoms with van der Waals surface area (Å²) in [6.07, 6.45) is -9.54. The number of nitrogens with zero attached hydrogens (tertiary/aromatic N) is 1. The molecule has 40 heavy (non-hydrogen) atoms. The van der Waals surface area contributed by atoms with E-state index in [0.717, 1.165) is 11.0 Å². The van der Waals surface area contributed by atoms with Gasteiger partial charge in [0, 0.05) is 24.8 Å². The summed E-state index contributed by atoms with van der Waals surface area (Å²) >= 11 is 0. The lowest BCUT2D eigenvalue weighted by Gasteiger charge is -2.41. The molecule has 3 heterocycles. The fourth-order valence-electron chi connectivity index (χ4n) is 4.01. The van der Waals surface area contributed by atoms with Crippen molar-refractivity contribution in [1.82, 2.24) is 9.55 Å². The topological polar surface area (TPSA) is 266 Å². The van der Waals surface area contributed by atoms with Crippen molar-refractivity contribution in [3.05, 3.63) is 32.6 Å². The minimum atomic E-state index is -5.51. The van der Waals surface area contributed by atoms with Crippen LogP contribution in [0.4, 0.5) is 0 Å². The predicted molar refractivity (Wildman–Crippen MR) is 131 cm³/mol. The van der Waals surface area contributed by atoms with Crippen LogP contribution < -0.4 is 11.2 Å². The first kappa shape index (κ1) is 33.2. The van der Waals surface area contributed by atoms with Gasteiger partial charge >= 0.3 is 21.3 Å². The highest BCUT2D eigenvalue weighted by Gasteiger charge is 2.49. The average Bonchev–Trinajstić information content (AvgIpc) is 3.23. The Balaban J connectivity index is 1.60. The maximum atomic E-state index is 12.5. The molecule has 0 aromatic carbocycles. The summed E-state index contributed by atoms with van der Waals surface area (Å²) < 4.78 is 55.5. The van der Waals surface area contributed by atoms with Crippen LogP contribution in [0.1, 0.15) is 38.0 Å². The molecule has 0 saturated carbocycles. The molecule has 1 aromatic heterocycles. The lowest BCUT2D eigenvalue weighted by atomic mass is 9.99. The van der Waals surface area contributed by atoms with Gasteiger partial charge in [-0.3, -0.25) is 23.4 Å². The quantitative estimate of drug-likeness (QED) is 0.0963. The second kappa shape index (κ2) is 13.8. The summed E-state index contributed by atoms with van der Waals surface area (Å²) in [5.41, 5.74) is -1.23. The Morgan fingerprint density at radius 2 is 1.80 bits per heavy atom. The van der Waals surface area contributed by atoms with Crippen molar-refractivity contribution in [2.75, 3.05) is 19.8 Å². The van der Waals surface area contributed by atoms with Crippen LogP contribution in [0.25, 0.3) is 0 Å². The molecule has 10 atom stereocenters. The van der Waals surface area contributed by atoms with E-state index >= 15 is 0 Å². The molecule has 2 saturated heterocycles. The van der Waals surface area contributed by atoms with Crippen LogP contribution in [0, 0.1) is 6.92 Å². The molecule has 2 unspecified atom stereocenters. The summed E-state index contributed by atoms with van der Waals surface area (Å²) in [7, 11) is -10.9. The highest BCUT2D eigenvalue weighted by molar-refractivity contribution is 7.61. The summed E-state index contributed by atoms with van der Waals surface area (Å²) in [4.78, 5) is 45.7. The average molecular weight is 620 g/mol. The van der Waals surface area contributed by atoms with Gasteiger partial charge in [0.25, 0.3) is 5.56 Å². The molecule has 0 spiro atoms. The monoisotopic (exact) mass is 620 g/mol. The first-order chi connectivity index (χ1) is 18.7. The first-order valence-electron chi connectivity index (χ1n) is 12.3. The minimum absolute atomic E-state index is 0.0967. The van der Waals surface area contributed by atoms with Crippen LogP contribution in [0.3, 0.4) is 0 Å². The third-order valence-corrected chi connectivity index (χ3v) is 8.74. The second-order valence-corrected chi connectivity index (χ2v) is 12.2. The molecule has 2 aliphatic heterocycles. The zero-order chi connectivity index (χ0) is 29.8. The maximum Gasteiger partial charge on any atom is 0.483 e. The summed E-state index contributed by atoms with van der Waals surface area (Å²) in [6.45, 7) is 1.79. The van der Waals surface area contributed by atoms with Crippen LogP contribution in [0.15, 0.2) is 15.8 Å². The van der Waals surface area contributed by atoms with Crippen LogP contribution >= 0.6 is 15.6 Å². The fraction of sp³-hybridized carbons (Fsp3) is 0.800. The molecule has 20 heteroatoms. The normalized spacial score (nSPS) is 33.9. The van der Waals surface area contributed by atoms with E-state index in [1.54, 1.807) is 0 Å². The number of ether oxygens (including phenoxy) is 3. The standard InChI is InChI=1S/C20H34N2O16P2/c1-3-4-5-33-17-15(25)12(8-23)36-19(16(17)26)37-40(31,32)38-39(29,30)34-9-13-11(24)6-14(35-13)22-7-10(2)18(27)21-20(22)28/h7,11-17,19,23-26H,3-6,8-9H2,1-2H3,(H,29,30)(H,31,32)(H,21,27,28)/t11-,12+,13+,14+,15+,16+,17-,19+/m0/s1. The van der Waals surface area contributed by atoms with Crippen LogP contribution in [-0.4, -0.2) is 102 Å². The molecule has 1 aromatic rings. The molecule has 0 amide bonds. The molecule has 230 valence electrons. The number of hydrogen-bond acceptors (Lipinski definition) is 14. The summed E-state index contributed by atoms with van der Waals surface area (Å²) in [5.74, 6) is 0. The third kappa shape index (κ3) is 8.36. The van der Waals surface area contributed by atoms with E-state index in [4.69, 9.17) is 18.7 Å². The summed E-state index contributed by atoms with van der Waals surface area (Å²) in [5, 5.41) is 40.4. The molecule has 7 N–H and O–H groups in total. The number of aryl methyl sites for hydroxylation is 1. The molecule has 0 aliphatic carbocycles. The van der Waals surface area contributed by atoms with Crippen molar-refractivity contribution in [3.63, 3.8) is 0 Å². The molecule has 0 bridgehead atoms. The lowest BCUT2D eigenvalue weighted by molar-refractivity contribution is -0.288. The van der Waals surface area contributed by atoms with Crippen molar-refractivity contribution < 1.29 is 66.9 Å². The van der Waals surface area contributed by atoms with E-state index in [2.05, 4.69) is 13.8 Å². The van der Waals surface area contributed by atoms with Gasteiger partial charge in [0.1, 0.15) is 36.7 Å². The second-order valence-electron chi connectivity index (χ2n) is 9.23.